The second kappa shape index (κ2) is 8.68. The maximum atomic E-state index is 12.9. The van der Waals surface area contributed by atoms with E-state index in [1.165, 1.54) is 18.9 Å². The number of carbonyl (C=O) groups excluding carboxylic acids is 2. The van der Waals surface area contributed by atoms with Gasteiger partial charge >= 0.3 is 5.97 Å². The zero-order valence-corrected chi connectivity index (χ0v) is 18.5. The van der Waals surface area contributed by atoms with Crippen molar-refractivity contribution in [2.45, 2.75) is 45.6 Å². The average Bonchev–Trinajstić information content (AvgIpc) is 3.42. The highest BCUT2D eigenvalue weighted by molar-refractivity contribution is 8.16. The SMILES string of the molecule is CCC1=C(C(=O)OC)C(c2cccc(C)c2)N2C(CC(=O)N3CCCC3)=CSC2=N1. The number of carbonyl (C=O) groups is 2. The highest BCUT2D eigenvalue weighted by Crippen LogP contribution is 2.45. The monoisotopic (exact) mass is 425 g/mol. The van der Waals surface area contributed by atoms with Crippen LogP contribution >= 0.6 is 11.8 Å². The fourth-order valence-corrected chi connectivity index (χ4v) is 5.24. The van der Waals surface area contributed by atoms with Gasteiger partial charge in [-0.25, -0.2) is 9.79 Å². The van der Waals surface area contributed by atoms with Crippen LogP contribution in [0.1, 0.15) is 49.8 Å². The minimum absolute atomic E-state index is 0.133. The Kier molecular flexibility index (Phi) is 5.99. The number of rotatable bonds is 5. The van der Waals surface area contributed by atoms with E-state index in [4.69, 9.17) is 9.73 Å². The van der Waals surface area contributed by atoms with Crippen molar-refractivity contribution in [2.75, 3.05) is 20.2 Å². The Morgan fingerprint density at radius 2 is 2.03 bits per heavy atom. The van der Waals surface area contributed by atoms with E-state index in [9.17, 15) is 9.59 Å². The molecule has 0 radical (unpaired) electrons. The number of ether oxygens (including phenoxy) is 1. The van der Waals surface area contributed by atoms with Gasteiger partial charge in [-0.3, -0.25) is 4.79 Å². The summed E-state index contributed by atoms with van der Waals surface area (Å²) in [4.78, 5) is 34.5. The molecule has 0 aromatic heterocycles. The van der Waals surface area contributed by atoms with Crippen LogP contribution in [0.15, 0.2) is 51.6 Å². The highest BCUT2D eigenvalue weighted by atomic mass is 32.2. The van der Waals surface area contributed by atoms with Crippen LogP contribution in [-0.2, 0) is 14.3 Å². The Morgan fingerprint density at radius 3 is 2.70 bits per heavy atom. The number of hydrogen-bond acceptors (Lipinski definition) is 6. The number of amides is 1. The first-order valence-electron chi connectivity index (χ1n) is 10.4. The van der Waals surface area contributed by atoms with Crippen molar-refractivity contribution >= 4 is 28.8 Å². The van der Waals surface area contributed by atoms with E-state index in [0.717, 1.165) is 53.6 Å². The number of aryl methyl sites for hydroxylation is 1. The zero-order chi connectivity index (χ0) is 21.3. The number of amidine groups is 1. The molecular weight excluding hydrogens is 398 g/mol. The van der Waals surface area contributed by atoms with Crippen LogP contribution in [0.25, 0.3) is 0 Å². The zero-order valence-electron chi connectivity index (χ0n) is 17.7. The van der Waals surface area contributed by atoms with Crippen molar-refractivity contribution in [1.29, 1.82) is 0 Å². The fraction of sp³-hybridized carbons (Fsp3) is 0.435. The number of hydrogen-bond donors (Lipinski definition) is 0. The molecule has 7 heteroatoms. The molecule has 1 fully saturated rings. The van der Waals surface area contributed by atoms with Crippen LogP contribution in [0.3, 0.4) is 0 Å². The van der Waals surface area contributed by atoms with Crippen molar-refractivity contribution in [3.05, 3.63) is 57.8 Å². The first-order valence-corrected chi connectivity index (χ1v) is 11.3. The molecule has 1 saturated heterocycles. The molecular formula is C23H27N3O3S. The van der Waals surface area contributed by atoms with E-state index in [0.29, 0.717) is 18.4 Å². The number of fused-ring (bicyclic) bond motifs is 1. The maximum absolute atomic E-state index is 12.9. The summed E-state index contributed by atoms with van der Waals surface area (Å²) in [5.41, 5.74) is 4.29. The highest BCUT2D eigenvalue weighted by Gasteiger charge is 2.41. The van der Waals surface area contributed by atoms with E-state index in [1.54, 1.807) is 0 Å². The summed E-state index contributed by atoms with van der Waals surface area (Å²) in [7, 11) is 1.40. The summed E-state index contributed by atoms with van der Waals surface area (Å²) in [6, 6.07) is 7.80. The third-order valence-corrected chi connectivity index (χ3v) is 6.67. The van der Waals surface area contributed by atoms with Crippen molar-refractivity contribution < 1.29 is 14.3 Å². The fourth-order valence-electron chi connectivity index (χ4n) is 4.30. The third kappa shape index (κ3) is 3.78. The molecule has 0 saturated carbocycles. The lowest BCUT2D eigenvalue weighted by molar-refractivity contribution is -0.136. The van der Waals surface area contributed by atoms with Gasteiger partial charge in [0.2, 0.25) is 5.91 Å². The van der Waals surface area contributed by atoms with E-state index in [-0.39, 0.29) is 17.9 Å². The predicted molar refractivity (Wildman–Crippen MR) is 119 cm³/mol. The van der Waals surface area contributed by atoms with Gasteiger partial charge in [0, 0.05) is 18.8 Å². The lowest BCUT2D eigenvalue weighted by atomic mass is 9.92. The van der Waals surface area contributed by atoms with E-state index in [1.807, 2.05) is 42.4 Å². The van der Waals surface area contributed by atoms with Gasteiger partial charge in [-0.1, -0.05) is 48.5 Å². The molecule has 158 valence electrons. The first-order chi connectivity index (χ1) is 14.5. The van der Waals surface area contributed by atoms with E-state index in [2.05, 4.69) is 11.0 Å². The number of benzene rings is 1. The number of nitrogens with zero attached hydrogens (tertiary/aromatic N) is 3. The van der Waals surface area contributed by atoms with Crippen LogP contribution in [0.4, 0.5) is 0 Å². The van der Waals surface area contributed by atoms with Crippen LogP contribution in [-0.4, -0.2) is 47.0 Å². The van der Waals surface area contributed by atoms with Crippen molar-refractivity contribution in [2.24, 2.45) is 4.99 Å². The summed E-state index contributed by atoms with van der Waals surface area (Å²) in [5.74, 6) is -0.239. The Hall–Kier alpha value is -2.54. The second-order valence-electron chi connectivity index (χ2n) is 7.78. The molecule has 1 aromatic carbocycles. The molecule has 1 unspecified atom stereocenters. The first kappa shape index (κ1) is 20.7. The van der Waals surface area contributed by atoms with Crippen LogP contribution in [0.5, 0.6) is 0 Å². The molecule has 30 heavy (non-hydrogen) atoms. The summed E-state index contributed by atoms with van der Waals surface area (Å²) < 4.78 is 5.16. The molecule has 0 aliphatic carbocycles. The Labute approximate surface area is 181 Å². The third-order valence-electron chi connectivity index (χ3n) is 5.78. The lowest BCUT2D eigenvalue weighted by Crippen LogP contribution is -2.38. The molecule has 1 aromatic rings. The second-order valence-corrected chi connectivity index (χ2v) is 8.61. The van der Waals surface area contributed by atoms with Gasteiger partial charge in [-0.15, -0.1) is 0 Å². The Bertz CT molecular complexity index is 960. The van der Waals surface area contributed by atoms with Crippen LogP contribution < -0.4 is 0 Å². The van der Waals surface area contributed by atoms with Gasteiger partial charge in [-0.2, -0.15) is 0 Å². The molecule has 0 bridgehead atoms. The molecule has 0 N–H and O–H groups in total. The molecule has 3 aliphatic heterocycles. The van der Waals surface area contributed by atoms with Gasteiger partial charge < -0.3 is 14.5 Å². The number of allylic oxidation sites excluding steroid dienone is 1. The van der Waals surface area contributed by atoms with Gasteiger partial charge in [0.05, 0.1) is 30.8 Å². The molecule has 4 rings (SSSR count). The standard InChI is InChI=1S/C23H27N3O3S/c1-4-18-20(22(28)29-3)21(16-9-7-8-15(2)12-16)26-17(14-30-23(26)24-18)13-19(27)25-10-5-6-11-25/h7-9,12,14,21H,4-6,10-11,13H2,1-3H3. The molecule has 1 amide bonds. The smallest absolute Gasteiger partial charge is 0.338 e. The quantitative estimate of drug-likeness (QED) is 0.664. The van der Waals surface area contributed by atoms with Gasteiger partial charge in [0.15, 0.2) is 5.17 Å². The predicted octanol–water partition coefficient (Wildman–Crippen LogP) is 4.15. The minimum atomic E-state index is -0.372. The Morgan fingerprint density at radius 1 is 1.27 bits per heavy atom. The molecule has 6 nitrogen and oxygen atoms in total. The van der Waals surface area contributed by atoms with Crippen molar-refractivity contribution in [1.82, 2.24) is 9.80 Å². The van der Waals surface area contributed by atoms with E-state index < -0.39 is 0 Å². The normalized spacial score (nSPS) is 20.8. The topological polar surface area (TPSA) is 62.2 Å². The van der Waals surface area contributed by atoms with Gasteiger partial charge in [-0.05, 0) is 37.2 Å². The van der Waals surface area contributed by atoms with Gasteiger partial charge in [0.1, 0.15) is 0 Å². The number of aliphatic imine (C=N–C) groups is 1. The van der Waals surface area contributed by atoms with E-state index >= 15 is 0 Å². The molecule has 1 atom stereocenters. The number of esters is 1. The summed E-state index contributed by atoms with van der Waals surface area (Å²) in [5, 5.41) is 2.82. The van der Waals surface area contributed by atoms with Crippen LogP contribution in [0, 0.1) is 6.92 Å². The average molecular weight is 426 g/mol. The molecule has 3 aliphatic rings. The summed E-state index contributed by atoms with van der Waals surface area (Å²) >= 11 is 1.52. The largest absolute Gasteiger partial charge is 0.466 e. The number of likely N-dealkylation sites (tertiary alicyclic amines) is 1. The summed E-state index contributed by atoms with van der Waals surface area (Å²) in [6.07, 6.45) is 3.07. The number of methoxy groups -OCH3 is 1. The molecule has 3 heterocycles. The maximum Gasteiger partial charge on any atom is 0.338 e. The summed E-state index contributed by atoms with van der Waals surface area (Å²) in [6.45, 7) is 5.69. The van der Waals surface area contributed by atoms with Gasteiger partial charge in [0.25, 0.3) is 0 Å². The lowest BCUT2D eigenvalue weighted by Gasteiger charge is -2.37. The minimum Gasteiger partial charge on any atom is -0.466 e. The van der Waals surface area contributed by atoms with Crippen LogP contribution in [0.2, 0.25) is 0 Å². The molecule has 0 spiro atoms. The van der Waals surface area contributed by atoms with Crippen molar-refractivity contribution in [3.63, 3.8) is 0 Å². The van der Waals surface area contributed by atoms with Crippen molar-refractivity contribution in [3.8, 4) is 0 Å². The Balaban J connectivity index is 1.75. The number of thioether (sulfide) groups is 1.